The second-order valence-corrected chi connectivity index (χ2v) is 4.66. The van der Waals surface area contributed by atoms with Crippen molar-refractivity contribution in [2.45, 2.75) is 19.8 Å². The van der Waals surface area contributed by atoms with Crippen molar-refractivity contribution in [3.8, 4) is 0 Å². The SMILES string of the molecule is Cc1cc(F)c(CC2CCNC2)cc1Cl. The van der Waals surface area contributed by atoms with Gasteiger partial charge in [0.05, 0.1) is 0 Å². The molecule has 0 spiro atoms. The Morgan fingerprint density at radius 1 is 1.53 bits per heavy atom. The van der Waals surface area contributed by atoms with E-state index in [1.54, 1.807) is 6.07 Å². The predicted octanol–water partition coefficient (Wildman–Crippen LogP) is 2.94. The zero-order valence-corrected chi connectivity index (χ0v) is 9.57. The summed E-state index contributed by atoms with van der Waals surface area (Å²) in [4.78, 5) is 0. The molecule has 1 aromatic rings. The molecule has 1 aliphatic heterocycles. The van der Waals surface area contributed by atoms with Crippen LogP contribution in [0.1, 0.15) is 17.5 Å². The molecule has 0 bridgehead atoms. The number of aryl methyl sites for hydroxylation is 1. The Bertz CT molecular complexity index is 359. The van der Waals surface area contributed by atoms with Crippen LogP contribution in [0.25, 0.3) is 0 Å². The van der Waals surface area contributed by atoms with Crippen LogP contribution in [0.4, 0.5) is 4.39 Å². The van der Waals surface area contributed by atoms with E-state index in [2.05, 4.69) is 5.32 Å². The molecule has 0 saturated carbocycles. The molecule has 1 atom stereocenters. The molecule has 0 aromatic heterocycles. The van der Waals surface area contributed by atoms with Crippen molar-refractivity contribution in [3.63, 3.8) is 0 Å². The molecule has 1 saturated heterocycles. The summed E-state index contributed by atoms with van der Waals surface area (Å²) in [7, 11) is 0. The van der Waals surface area contributed by atoms with Crippen LogP contribution in [0.3, 0.4) is 0 Å². The van der Waals surface area contributed by atoms with Crippen molar-refractivity contribution in [1.82, 2.24) is 5.32 Å². The first-order chi connectivity index (χ1) is 7.16. The van der Waals surface area contributed by atoms with Crippen molar-refractivity contribution in [1.29, 1.82) is 0 Å². The molecule has 0 radical (unpaired) electrons. The molecule has 2 rings (SSSR count). The van der Waals surface area contributed by atoms with Gasteiger partial charge in [0.2, 0.25) is 0 Å². The predicted molar refractivity (Wildman–Crippen MR) is 60.8 cm³/mol. The maximum Gasteiger partial charge on any atom is 0.126 e. The second-order valence-electron chi connectivity index (χ2n) is 4.26. The van der Waals surface area contributed by atoms with Crippen molar-refractivity contribution in [2.24, 2.45) is 5.92 Å². The van der Waals surface area contributed by atoms with Crippen LogP contribution in [0.15, 0.2) is 12.1 Å². The summed E-state index contributed by atoms with van der Waals surface area (Å²) >= 11 is 5.99. The normalized spacial score (nSPS) is 20.9. The Kier molecular flexibility index (Phi) is 3.27. The third-order valence-corrected chi connectivity index (χ3v) is 3.41. The molecular formula is C12H15ClFN. The summed E-state index contributed by atoms with van der Waals surface area (Å²) in [5.74, 6) is 0.432. The summed E-state index contributed by atoms with van der Waals surface area (Å²) < 4.78 is 13.6. The minimum absolute atomic E-state index is 0.121. The smallest absolute Gasteiger partial charge is 0.126 e. The lowest BCUT2D eigenvalue weighted by atomic mass is 9.97. The van der Waals surface area contributed by atoms with E-state index in [0.717, 1.165) is 37.1 Å². The quantitative estimate of drug-likeness (QED) is 0.819. The van der Waals surface area contributed by atoms with Gasteiger partial charge in [0.15, 0.2) is 0 Å². The number of nitrogens with one attached hydrogen (secondary N) is 1. The Morgan fingerprint density at radius 3 is 3.00 bits per heavy atom. The molecule has 0 amide bonds. The molecule has 0 aliphatic carbocycles. The monoisotopic (exact) mass is 227 g/mol. The Labute approximate surface area is 94.6 Å². The molecule has 1 aliphatic rings. The average molecular weight is 228 g/mol. The number of benzene rings is 1. The van der Waals surface area contributed by atoms with E-state index >= 15 is 0 Å². The van der Waals surface area contributed by atoms with Gasteiger partial charge < -0.3 is 5.32 Å². The van der Waals surface area contributed by atoms with Crippen molar-refractivity contribution in [3.05, 3.63) is 34.1 Å². The lowest BCUT2D eigenvalue weighted by Crippen LogP contribution is -2.11. The van der Waals surface area contributed by atoms with Crippen molar-refractivity contribution in [2.75, 3.05) is 13.1 Å². The zero-order chi connectivity index (χ0) is 10.8. The van der Waals surface area contributed by atoms with Crippen LogP contribution >= 0.6 is 11.6 Å². The molecule has 1 nitrogen and oxygen atoms in total. The van der Waals surface area contributed by atoms with Gasteiger partial charge in [-0.05, 0) is 62.0 Å². The van der Waals surface area contributed by atoms with Gasteiger partial charge in [-0.3, -0.25) is 0 Å². The fraction of sp³-hybridized carbons (Fsp3) is 0.500. The Morgan fingerprint density at radius 2 is 2.33 bits per heavy atom. The van der Waals surface area contributed by atoms with E-state index in [0.29, 0.717) is 10.9 Å². The fourth-order valence-electron chi connectivity index (χ4n) is 2.04. The van der Waals surface area contributed by atoms with Gasteiger partial charge in [-0.15, -0.1) is 0 Å². The zero-order valence-electron chi connectivity index (χ0n) is 8.82. The molecule has 1 fully saturated rings. The first-order valence-electron chi connectivity index (χ1n) is 5.32. The summed E-state index contributed by atoms with van der Waals surface area (Å²) in [5.41, 5.74) is 1.56. The van der Waals surface area contributed by atoms with Crippen LogP contribution in [-0.4, -0.2) is 13.1 Å². The van der Waals surface area contributed by atoms with E-state index < -0.39 is 0 Å². The Balaban J connectivity index is 2.16. The average Bonchev–Trinajstić information content (AvgIpc) is 2.67. The van der Waals surface area contributed by atoms with Crippen LogP contribution in [0.2, 0.25) is 5.02 Å². The first kappa shape index (κ1) is 10.9. The van der Waals surface area contributed by atoms with Gasteiger partial charge in [0, 0.05) is 5.02 Å². The third-order valence-electron chi connectivity index (χ3n) is 3.00. The highest BCUT2D eigenvalue weighted by Gasteiger charge is 2.17. The third kappa shape index (κ3) is 2.50. The molecule has 3 heteroatoms. The van der Waals surface area contributed by atoms with Crippen LogP contribution in [0.5, 0.6) is 0 Å². The molecule has 82 valence electrons. The highest BCUT2D eigenvalue weighted by atomic mass is 35.5. The molecule has 1 N–H and O–H groups in total. The maximum atomic E-state index is 13.6. The Hall–Kier alpha value is -0.600. The van der Waals surface area contributed by atoms with E-state index in [1.807, 2.05) is 6.92 Å². The summed E-state index contributed by atoms with van der Waals surface area (Å²) in [5, 5.41) is 3.95. The molecular weight excluding hydrogens is 213 g/mol. The van der Waals surface area contributed by atoms with E-state index in [1.165, 1.54) is 6.07 Å². The number of hydrogen-bond donors (Lipinski definition) is 1. The van der Waals surface area contributed by atoms with Gasteiger partial charge in [-0.1, -0.05) is 11.6 Å². The van der Waals surface area contributed by atoms with E-state index in [9.17, 15) is 4.39 Å². The lowest BCUT2D eigenvalue weighted by Gasteiger charge is -2.10. The molecule has 1 aromatic carbocycles. The standard InChI is InChI=1S/C12H15ClFN/c1-8-4-12(14)10(6-11(8)13)5-9-2-3-15-7-9/h4,6,9,15H,2-3,5,7H2,1H3. The first-order valence-corrected chi connectivity index (χ1v) is 5.70. The van der Waals surface area contributed by atoms with Crippen LogP contribution in [-0.2, 0) is 6.42 Å². The lowest BCUT2D eigenvalue weighted by molar-refractivity contribution is 0.543. The highest BCUT2D eigenvalue weighted by molar-refractivity contribution is 6.31. The number of hydrogen-bond acceptors (Lipinski definition) is 1. The minimum Gasteiger partial charge on any atom is -0.316 e. The van der Waals surface area contributed by atoms with Gasteiger partial charge in [-0.2, -0.15) is 0 Å². The summed E-state index contributed by atoms with van der Waals surface area (Å²) in [6, 6.07) is 3.30. The van der Waals surface area contributed by atoms with Crippen molar-refractivity contribution >= 4 is 11.6 Å². The molecule has 15 heavy (non-hydrogen) atoms. The summed E-state index contributed by atoms with van der Waals surface area (Å²) in [6.07, 6.45) is 1.92. The highest BCUT2D eigenvalue weighted by Crippen LogP contribution is 2.23. The van der Waals surface area contributed by atoms with Gasteiger partial charge in [-0.25, -0.2) is 4.39 Å². The van der Waals surface area contributed by atoms with Crippen molar-refractivity contribution < 1.29 is 4.39 Å². The topological polar surface area (TPSA) is 12.0 Å². The van der Waals surface area contributed by atoms with Gasteiger partial charge in [0.1, 0.15) is 5.82 Å². The van der Waals surface area contributed by atoms with Crippen LogP contribution in [0, 0.1) is 18.7 Å². The molecule has 1 unspecified atom stereocenters. The van der Waals surface area contributed by atoms with E-state index in [4.69, 9.17) is 11.6 Å². The minimum atomic E-state index is -0.121. The van der Waals surface area contributed by atoms with Gasteiger partial charge in [0.25, 0.3) is 0 Å². The fourth-order valence-corrected chi connectivity index (χ4v) is 2.23. The van der Waals surface area contributed by atoms with Gasteiger partial charge >= 0.3 is 0 Å². The summed E-state index contributed by atoms with van der Waals surface area (Å²) in [6.45, 7) is 3.86. The second kappa shape index (κ2) is 4.50. The number of rotatable bonds is 2. The maximum absolute atomic E-state index is 13.6. The largest absolute Gasteiger partial charge is 0.316 e. The molecule has 1 heterocycles. The number of halogens is 2. The van der Waals surface area contributed by atoms with Crippen LogP contribution < -0.4 is 5.32 Å². The van der Waals surface area contributed by atoms with E-state index in [-0.39, 0.29) is 5.82 Å².